The number of hydrogen-bond donors (Lipinski definition) is 3. The highest BCUT2D eigenvalue weighted by Gasteiger charge is 2.30. The Morgan fingerprint density at radius 3 is 0.792 bits per heavy atom. The third kappa shape index (κ3) is 77.1. The third-order valence-corrected chi connectivity index (χ3v) is 18.7. The minimum atomic E-state index is -5.00. The van der Waals surface area contributed by atoms with Gasteiger partial charge in [0.1, 0.15) is 19.3 Å². The van der Waals surface area contributed by atoms with Crippen LogP contribution in [0.15, 0.2) is 146 Å². The average molecular weight is 1530 g/mol. The summed E-state index contributed by atoms with van der Waals surface area (Å²) in [5.41, 5.74) is 0. The van der Waals surface area contributed by atoms with Crippen LogP contribution in [0.1, 0.15) is 323 Å². The van der Waals surface area contributed by atoms with Gasteiger partial charge < -0.3 is 33.8 Å². The highest BCUT2D eigenvalue weighted by molar-refractivity contribution is 7.47. The maximum absolute atomic E-state index is 13.1. The summed E-state index contributed by atoms with van der Waals surface area (Å²) in [7, 11) is -9.99. The molecule has 0 rings (SSSR count). The Kier molecular flexibility index (Phi) is 74.3. The predicted octanol–water partition coefficient (Wildman–Crippen LogP) is 24.2. The molecule has 0 aliphatic carbocycles. The number of rotatable bonds is 76. The van der Waals surface area contributed by atoms with Gasteiger partial charge in [0.05, 0.1) is 26.4 Å². The zero-order valence-corrected chi connectivity index (χ0v) is 68.1. The van der Waals surface area contributed by atoms with Gasteiger partial charge >= 0.3 is 39.5 Å². The number of aliphatic hydroxyl groups is 1. The fraction of sp³-hybridized carbons (Fsp3) is 0.678. The van der Waals surface area contributed by atoms with Crippen LogP contribution in [0.25, 0.3) is 0 Å². The summed E-state index contributed by atoms with van der Waals surface area (Å²) >= 11 is 0. The molecule has 0 saturated heterocycles. The second-order valence-corrected chi connectivity index (χ2v) is 29.8. The number of hydrogen-bond acceptors (Lipinski definition) is 15. The highest BCUT2D eigenvalue weighted by atomic mass is 31.2. The topological polar surface area (TPSA) is 237 Å². The van der Waals surface area contributed by atoms with E-state index < -0.39 is 97.5 Å². The molecule has 0 heterocycles. The third-order valence-electron chi connectivity index (χ3n) is 16.7. The lowest BCUT2D eigenvalue weighted by molar-refractivity contribution is -0.161. The van der Waals surface area contributed by atoms with Gasteiger partial charge in [-0.15, -0.1) is 0 Å². The fourth-order valence-electron chi connectivity index (χ4n) is 10.6. The van der Waals surface area contributed by atoms with Gasteiger partial charge in [-0.2, -0.15) is 0 Å². The van der Waals surface area contributed by atoms with Gasteiger partial charge in [0.15, 0.2) is 12.2 Å². The first-order chi connectivity index (χ1) is 51.7. The minimum absolute atomic E-state index is 0.0598. The smallest absolute Gasteiger partial charge is 0.462 e. The van der Waals surface area contributed by atoms with Gasteiger partial charge in [-0.25, -0.2) is 9.13 Å². The van der Waals surface area contributed by atoms with E-state index in [0.717, 1.165) is 225 Å². The van der Waals surface area contributed by atoms with Crippen molar-refractivity contribution in [1.82, 2.24) is 0 Å². The summed E-state index contributed by atoms with van der Waals surface area (Å²) in [6.07, 6.45) is 89.6. The number of ether oxygens (including phenoxy) is 4. The van der Waals surface area contributed by atoms with Crippen LogP contribution in [0.5, 0.6) is 0 Å². The quantitative estimate of drug-likeness (QED) is 0.0169. The Labute approximate surface area is 643 Å². The van der Waals surface area contributed by atoms with Crippen LogP contribution in [0.3, 0.4) is 0 Å². The van der Waals surface area contributed by atoms with Crippen LogP contribution < -0.4 is 0 Å². The van der Waals surface area contributed by atoms with Gasteiger partial charge in [0, 0.05) is 25.7 Å². The monoisotopic (exact) mass is 1530 g/mol. The van der Waals surface area contributed by atoms with Crippen LogP contribution in [0.4, 0.5) is 0 Å². The number of carbonyl (C=O) groups is 4. The highest BCUT2D eigenvalue weighted by Crippen LogP contribution is 2.45. The van der Waals surface area contributed by atoms with Crippen LogP contribution >= 0.6 is 15.6 Å². The zero-order valence-electron chi connectivity index (χ0n) is 66.3. The van der Waals surface area contributed by atoms with Gasteiger partial charge in [-0.05, 0) is 161 Å². The van der Waals surface area contributed by atoms with Crippen molar-refractivity contribution in [3.8, 4) is 0 Å². The van der Waals surface area contributed by atoms with Crippen molar-refractivity contribution in [3.63, 3.8) is 0 Å². The summed E-state index contributed by atoms with van der Waals surface area (Å²) in [6, 6.07) is 0. The minimum Gasteiger partial charge on any atom is -0.462 e. The second kappa shape index (κ2) is 78.1. The Morgan fingerprint density at radius 2 is 0.509 bits per heavy atom. The van der Waals surface area contributed by atoms with E-state index in [1.807, 2.05) is 0 Å². The van der Waals surface area contributed by atoms with E-state index in [9.17, 15) is 43.2 Å². The Hall–Kier alpha value is -5.06. The van der Waals surface area contributed by atoms with Crippen LogP contribution in [0.2, 0.25) is 0 Å². The summed E-state index contributed by atoms with van der Waals surface area (Å²) in [5, 5.41) is 10.7. The number of esters is 4. The van der Waals surface area contributed by atoms with E-state index in [2.05, 4.69) is 174 Å². The standard InChI is InChI=1S/C87H146O17P2/c1-5-9-13-17-21-25-29-33-36-39-40-43-45-49-52-56-60-64-68-72-85(90)98-78-83(104-87(92)74-70-66-62-58-54-50-46-42-38-35-31-27-23-19-15-11-7-3)80-102-106(95,96)100-76-81(88)75-99-105(93,94)101-79-82(103-86(91)73-69-65-61-57-53-47-32-28-24-20-16-12-8-4)77-97-84(89)71-67-63-59-55-51-48-44-41-37-34-30-26-22-18-14-10-6-2/h10-11,14-16,20-23,25-28,32-38,40,43,46,50,81-83,88H,5-9,12-13,17-19,24,29-31,39,41-42,44-45,47-49,51-80H2,1-4H3,(H,93,94)(H,95,96)/b14-10-,15-11-,20-16-,25-21-,26-22-,27-23-,32-28-,36-33-,37-34-,38-35-,43-40-,50-46-. The maximum Gasteiger partial charge on any atom is 0.472 e. The van der Waals surface area contributed by atoms with Crippen molar-refractivity contribution in [2.24, 2.45) is 0 Å². The van der Waals surface area contributed by atoms with Crippen LogP contribution in [-0.2, 0) is 65.4 Å². The number of phosphoric acid groups is 2. The van der Waals surface area contributed by atoms with Crippen molar-refractivity contribution in [2.75, 3.05) is 39.6 Å². The molecule has 0 aromatic heterocycles. The number of allylic oxidation sites excluding steroid dienone is 24. The van der Waals surface area contributed by atoms with E-state index in [1.54, 1.807) is 0 Å². The molecule has 606 valence electrons. The molecule has 0 aliphatic rings. The molecule has 0 radical (unpaired) electrons. The van der Waals surface area contributed by atoms with Gasteiger partial charge in [0.2, 0.25) is 0 Å². The van der Waals surface area contributed by atoms with Crippen LogP contribution in [-0.4, -0.2) is 96.7 Å². The summed E-state index contributed by atoms with van der Waals surface area (Å²) in [6.45, 7) is 4.51. The normalized spacial score (nSPS) is 14.6. The van der Waals surface area contributed by atoms with Gasteiger partial charge in [-0.1, -0.05) is 283 Å². The van der Waals surface area contributed by atoms with E-state index >= 15 is 0 Å². The van der Waals surface area contributed by atoms with Crippen molar-refractivity contribution >= 4 is 39.5 Å². The Morgan fingerprint density at radius 1 is 0.274 bits per heavy atom. The predicted molar refractivity (Wildman–Crippen MR) is 436 cm³/mol. The SMILES string of the molecule is CC/C=C\C/C=C\C/C=C\C/C=C\CCCCCCC(=O)OC(COC(=O)CCCCCCCC/C=C\C/C=C\C/C=C\CCCCC)COP(=O)(O)OCC(O)COP(=O)(O)OCC(COC(=O)CCCCCCCCC/C=C\C/C=C\C/C=C\CC)OC(=O)CCCCCCC/C=C\C/C=C\CCC. The molecule has 0 saturated carbocycles. The molecule has 17 nitrogen and oxygen atoms in total. The molecule has 0 fully saturated rings. The van der Waals surface area contributed by atoms with Crippen molar-refractivity contribution in [1.29, 1.82) is 0 Å². The molecule has 106 heavy (non-hydrogen) atoms. The molecular formula is C87H146O17P2. The van der Waals surface area contributed by atoms with E-state index in [1.165, 1.54) is 19.3 Å². The average Bonchev–Trinajstić information content (AvgIpc) is 0.899. The summed E-state index contributed by atoms with van der Waals surface area (Å²) < 4.78 is 68.7. The lowest BCUT2D eigenvalue weighted by atomic mass is 10.1. The molecule has 5 unspecified atom stereocenters. The molecule has 0 amide bonds. The molecule has 0 aliphatic heterocycles. The maximum atomic E-state index is 13.1. The molecule has 0 aromatic carbocycles. The second-order valence-electron chi connectivity index (χ2n) is 26.9. The number of aliphatic hydroxyl groups excluding tert-OH is 1. The largest absolute Gasteiger partial charge is 0.472 e. The fourth-order valence-corrected chi connectivity index (χ4v) is 12.1. The molecule has 0 spiro atoms. The van der Waals surface area contributed by atoms with Crippen molar-refractivity contribution in [3.05, 3.63) is 146 Å². The Balaban J connectivity index is 5.41. The first-order valence-corrected chi connectivity index (χ1v) is 44.1. The lowest BCUT2D eigenvalue weighted by Crippen LogP contribution is -2.30. The number of carbonyl (C=O) groups excluding carboxylic acids is 4. The number of unbranched alkanes of at least 4 members (excludes halogenated alkanes) is 26. The molecule has 0 aromatic rings. The van der Waals surface area contributed by atoms with Gasteiger partial charge in [0.25, 0.3) is 0 Å². The van der Waals surface area contributed by atoms with Crippen molar-refractivity contribution in [2.45, 2.75) is 341 Å². The molecule has 5 atom stereocenters. The zero-order chi connectivity index (χ0) is 77.4. The van der Waals surface area contributed by atoms with Crippen LogP contribution in [0, 0.1) is 0 Å². The first-order valence-electron chi connectivity index (χ1n) is 41.1. The van der Waals surface area contributed by atoms with E-state index in [-0.39, 0.29) is 25.7 Å². The summed E-state index contributed by atoms with van der Waals surface area (Å²) in [4.78, 5) is 73.1. The first kappa shape index (κ1) is 101. The molecule has 3 N–H and O–H groups in total. The van der Waals surface area contributed by atoms with Gasteiger partial charge in [-0.3, -0.25) is 37.3 Å². The Bertz CT molecular complexity index is 2580. The summed E-state index contributed by atoms with van der Waals surface area (Å²) in [5.74, 6) is -2.24. The molecule has 19 heteroatoms. The molecule has 0 bridgehead atoms. The van der Waals surface area contributed by atoms with E-state index in [4.69, 9.17) is 37.0 Å². The molecular weight excluding hydrogens is 1380 g/mol. The number of phosphoric ester groups is 2. The van der Waals surface area contributed by atoms with Crippen molar-refractivity contribution < 1.29 is 80.2 Å². The van der Waals surface area contributed by atoms with E-state index in [0.29, 0.717) is 25.7 Å². The lowest BCUT2D eigenvalue weighted by Gasteiger charge is -2.21.